The van der Waals surface area contributed by atoms with Crippen molar-refractivity contribution < 1.29 is 14.3 Å². The fourth-order valence-corrected chi connectivity index (χ4v) is 2.44. The lowest BCUT2D eigenvalue weighted by Crippen LogP contribution is -2.33. The Balaban J connectivity index is 2.03. The maximum Gasteiger partial charge on any atom is 0.321 e. The standard InChI is InChI=1S/C8H9NO3S/c10-8(11)6-4-13-7(9-6)5-1-2-12-3-5/h1-3,6-7,9H,4H2,(H,10,11)/t6-,7?/m0/s1. The first-order valence-corrected chi connectivity index (χ1v) is 4.95. The minimum absolute atomic E-state index is 0.0554. The van der Waals surface area contributed by atoms with Gasteiger partial charge in [0.2, 0.25) is 0 Å². The van der Waals surface area contributed by atoms with Crippen LogP contribution in [-0.4, -0.2) is 22.9 Å². The van der Waals surface area contributed by atoms with Crippen LogP contribution in [0.4, 0.5) is 0 Å². The second-order valence-corrected chi connectivity index (χ2v) is 3.97. The molecule has 2 N–H and O–H groups in total. The fraction of sp³-hybridized carbons (Fsp3) is 0.375. The molecule has 13 heavy (non-hydrogen) atoms. The first-order valence-electron chi connectivity index (χ1n) is 3.90. The molecule has 2 rings (SSSR count). The van der Waals surface area contributed by atoms with Crippen LogP contribution in [0.2, 0.25) is 0 Å². The van der Waals surface area contributed by atoms with Gasteiger partial charge in [0, 0.05) is 11.3 Å². The Kier molecular flexibility index (Phi) is 2.28. The molecule has 0 saturated carbocycles. The van der Waals surface area contributed by atoms with Gasteiger partial charge in [0.1, 0.15) is 6.04 Å². The van der Waals surface area contributed by atoms with E-state index in [0.29, 0.717) is 5.75 Å². The summed E-state index contributed by atoms with van der Waals surface area (Å²) in [5.74, 6) is -0.191. The predicted molar refractivity (Wildman–Crippen MR) is 48.5 cm³/mol. The molecular formula is C8H9NO3S. The third-order valence-corrected chi connectivity index (χ3v) is 3.19. The zero-order valence-electron chi connectivity index (χ0n) is 6.77. The third kappa shape index (κ3) is 1.71. The van der Waals surface area contributed by atoms with E-state index in [0.717, 1.165) is 5.56 Å². The molecule has 5 heteroatoms. The lowest BCUT2D eigenvalue weighted by atomic mass is 10.3. The Morgan fingerprint density at radius 2 is 2.62 bits per heavy atom. The van der Waals surface area contributed by atoms with Crippen molar-refractivity contribution >= 4 is 17.7 Å². The number of carboxylic acid groups (broad SMARTS) is 1. The van der Waals surface area contributed by atoms with E-state index in [1.165, 1.54) is 0 Å². The average Bonchev–Trinajstić information content (AvgIpc) is 2.75. The molecule has 1 saturated heterocycles. The molecule has 1 aliphatic rings. The Hall–Kier alpha value is -0.940. The lowest BCUT2D eigenvalue weighted by molar-refractivity contribution is -0.138. The Bertz CT molecular complexity index is 298. The van der Waals surface area contributed by atoms with Crippen molar-refractivity contribution in [2.45, 2.75) is 11.4 Å². The molecule has 4 nitrogen and oxygen atoms in total. The van der Waals surface area contributed by atoms with Crippen molar-refractivity contribution in [1.29, 1.82) is 0 Å². The van der Waals surface area contributed by atoms with Gasteiger partial charge in [0.25, 0.3) is 0 Å². The first kappa shape index (κ1) is 8.65. The van der Waals surface area contributed by atoms with E-state index in [9.17, 15) is 4.79 Å². The molecule has 0 spiro atoms. The van der Waals surface area contributed by atoms with Crippen molar-refractivity contribution in [1.82, 2.24) is 5.32 Å². The molecule has 1 aliphatic heterocycles. The van der Waals surface area contributed by atoms with Crippen LogP contribution < -0.4 is 5.32 Å². The van der Waals surface area contributed by atoms with E-state index < -0.39 is 12.0 Å². The van der Waals surface area contributed by atoms with Crippen LogP contribution >= 0.6 is 11.8 Å². The number of thioether (sulfide) groups is 1. The van der Waals surface area contributed by atoms with Gasteiger partial charge in [-0.2, -0.15) is 0 Å². The number of hydrogen-bond acceptors (Lipinski definition) is 4. The van der Waals surface area contributed by atoms with Crippen LogP contribution in [0.1, 0.15) is 10.9 Å². The van der Waals surface area contributed by atoms with Crippen LogP contribution in [0, 0.1) is 0 Å². The van der Waals surface area contributed by atoms with Gasteiger partial charge >= 0.3 is 5.97 Å². The summed E-state index contributed by atoms with van der Waals surface area (Å²) in [4.78, 5) is 10.6. The highest BCUT2D eigenvalue weighted by Crippen LogP contribution is 2.32. The summed E-state index contributed by atoms with van der Waals surface area (Å²) in [6.45, 7) is 0. The first-order chi connectivity index (χ1) is 6.27. The monoisotopic (exact) mass is 199 g/mol. The van der Waals surface area contributed by atoms with E-state index in [-0.39, 0.29) is 5.37 Å². The molecule has 2 heterocycles. The smallest absolute Gasteiger partial charge is 0.321 e. The summed E-state index contributed by atoms with van der Waals surface area (Å²) < 4.78 is 4.92. The SMILES string of the molecule is O=C(O)[C@@H]1CSC(c2ccoc2)N1. The second-order valence-electron chi connectivity index (χ2n) is 2.83. The molecule has 0 aliphatic carbocycles. The van der Waals surface area contributed by atoms with Crippen LogP contribution in [0.3, 0.4) is 0 Å². The zero-order valence-corrected chi connectivity index (χ0v) is 7.58. The molecule has 0 bridgehead atoms. The van der Waals surface area contributed by atoms with Crippen molar-refractivity contribution in [3.05, 3.63) is 24.2 Å². The largest absolute Gasteiger partial charge is 0.480 e. The summed E-state index contributed by atoms with van der Waals surface area (Å²) >= 11 is 1.58. The Morgan fingerprint density at radius 1 is 1.77 bits per heavy atom. The summed E-state index contributed by atoms with van der Waals surface area (Å²) in [6, 6.07) is 1.40. The summed E-state index contributed by atoms with van der Waals surface area (Å²) in [6.07, 6.45) is 3.22. The van der Waals surface area contributed by atoms with Crippen LogP contribution in [0.5, 0.6) is 0 Å². The highest BCUT2D eigenvalue weighted by molar-refractivity contribution is 7.99. The minimum Gasteiger partial charge on any atom is -0.480 e. The molecule has 1 aromatic rings. The number of carboxylic acids is 1. The molecule has 0 radical (unpaired) electrons. The second kappa shape index (κ2) is 3.43. The molecule has 0 amide bonds. The highest BCUT2D eigenvalue weighted by atomic mass is 32.2. The van der Waals surface area contributed by atoms with Gasteiger partial charge < -0.3 is 9.52 Å². The summed E-state index contributed by atoms with van der Waals surface area (Å²) in [5.41, 5.74) is 0.994. The van der Waals surface area contributed by atoms with Gasteiger partial charge in [-0.15, -0.1) is 11.8 Å². The van der Waals surface area contributed by atoms with Gasteiger partial charge in [-0.3, -0.25) is 10.1 Å². The quantitative estimate of drug-likeness (QED) is 0.746. The van der Waals surface area contributed by atoms with Gasteiger partial charge in [-0.05, 0) is 6.07 Å². The maximum absolute atomic E-state index is 10.6. The van der Waals surface area contributed by atoms with E-state index in [2.05, 4.69) is 5.32 Å². The predicted octanol–water partition coefficient (Wildman–Crippen LogP) is 1.07. The Morgan fingerprint density at radius 3 is 3.15 bits per heavy atom. The van der Waals surface area contributed by atoms with E-state index in [1.807, 2.05) is 6.07 Å². The molecule has 1 aromatic heterocycles. The normalized spacial score (nSPS) is 27.7. The minimum atomic E-state index is -0.793. The molecule has 1 unspecified atom stereocenters. The van der Waals surface area contributed by atoms with Crippen molar-refractivity contribution in [3.63, 3.8) is 0 Å². The van der Waals surface area contributed by atoms with E-state index in [4.69, 9.17) is 9.52 Å². The number of aliphatic carboxylic acids is 1. The van der Waals surface area contributed by atoms with Crippen molar-refractivity contribution in [3.8, 4) is 0 Å². The highest BCUT2D eigenvalue weighted by Gasteiger charge is 2.30. The Labute approximate surface area is 79.3 Å². The van der Waals surface area contributed by atoms with Crippen LogP contribution in [0.25, 0.3) is 0 Å². The van der Waals surface area contributed by atoms with Crippen LogP contribution in [-0.2, 0) is 4.79 Å². The maximum atomic E-state index is 10.6. The number of rotatable bonds is 2. The van der Waals surface area contributed by atoms with Gasteiger partial charge in [-0.1, -0.05) is 0 Å². The topological polar surface area (TPSA) is 62.5 Å². The number of furan rings is 1. The van der Waals surface area contributed by atoms with Gasteiger partial charge in [0.15, 0.2) is 0 Å². The molecule has 2 atom stereocenters. The molecule has 1 fully saturated rings. The molecule has 70 valence electrons. The van der Waals surface area contributed by atoms with Gasteiger partial charge in [-0.25, -0.2) is 0 Å². The van der Waals surface area contributed by atoms with E-state index >= 15 is 0 Å². The number of hydrogen-bond donors (Lipinski definition) is 2. The van der Waals surface area contributed by atoms with Crippen LogP contribution in [0.15, 0.2) is 23.0 Å². The van der Waals surface area contributed by atoms with Gasteiger partial charge in [0.05, 0.1) is 17.9 Å². The average molecular weight is 199 g/mol. The fourth-order valence-electron chi connectivity index (χ4n) is 1.23. The third-order valence-electron chi connectivity index (χ3n) is 1.93. The van der Waals surface area contributed by atoms with E-state index in [1.54, 1.807) is 24.3 Å². The van der Waals surface area contributed by atoms with Crippen molar-refractivity contribution in [2.24, 2.45) is 0 Å². The van der Waals surface area contributed by atoms with Crippen molar-refractivity contribution in [2.75, 3.05) is 5.75 Å². The summed E-state index contributed by atoms with van der Waals surface area (Å²) in [7, 11) is 0. The lowest BCUT2D eigenvalue weighted by Gasteiger charge is -2.07. The molecular weight excluding hydrogens is 190 g/mol. The number of carbonyl (C=O) groups is 1. The molecule has 0 aromatic carbocycles. The zero-order chi connectivity index (χ0) is 9.26. The summed E-state index contributed by atoms with van der Waals surface area (Å²) in [5, 5.41) is 11.8. The number of nitrogens with one attached hydrogen (secondary N) is 1.